The van der Waals surface area contributed by atoms with E-state index in [-0.39, 0.29) is 0 Å². The number of nitrogens with zero attached hydrogens (tertiary/aromatic N) is 2. The largest absolute Gasteiger partial charge is 0.463 e. The van der Waals surface area contributed by atoms with E-state index < -0.39 is 0 Å². The summed E-state index contributed by atoms with van der Waals surface area (Å²) in [5.74, 6) is 2.05. The Balaban J connectivity index is 1.48. The molecule has 1 saturated carbocycles. The van der Waals surface area contributed by atoms with Gasteiger partial charge in [-0.3, -0.25) is 4.90 Å². The second-order valence-corrected chi connectivity index (χ2v) is 5.89. The molecule has 0 aromatic carbocycles. The summed E-state index contributed by atoms with van der Waals surface area (Å²) in [6.45, 7) is 2.53. The average molecular weight is 277 g/mol. The van der Waals surface area contributed by atoms with Crippen LogP contribution in [0.1, 0.15) is 30.1 Å². The van der Waals surface area contributed by atoms with E-state index in [1.165, 1.54) is 12.8 Å². The molecular weight excluding hydrogens is 258 g/mol. The van der Waals surface area contributed by atoms with E-state index in [2.05, 4.69) is 39.8 Å². The van der Waals surface area contributed by atoms with Gasteiger partial charge in [-0.25, -0.2) is 4.98 Å². The minimum Gasteiger partial charge on any atom is -0.463 e. The number of nitrogens with one attached hydrogen (secondary N) is 1. The van der Waals surface area contributed by atoms with Crippen LogP contribution < -0.4 is 5.32 Å². The second kappa shape index (κ2) is 5.86. The van der Waals surface area contributed by atoms with E-state index in [0.717, 1.165) is 42.9 Å². The third-order valence-corrected chi connectivity index (χ3v) is 3.84. The van der Waals surface area contributed by atoms with E-state index >= 15 is 0 Å². The van der Waals surface area contributed by atoms with Gasteiger partial charge in [-0.1, -0.05) is 0 Å². The summed E-state index contributed by atoms with van der Waals surface area (Å²) in [7, 11) is 2.09. The highest BCUT2D eigenvalue weighted by atomic mass is 32.1. The predicted molar refractivity (Wildman–Crippen MR) is 75.9 cm³/mol. The van der Waals surface area contributed by atoms with Gasteiger partial charge >= 0.3 is 0 Å². The van der Waals surface area contributed by atoms with Crippen molar-refractivity contribution in [2.24, 2.45) is 0 Å². The SMILES string of the molecule is CN(Cc1cscn1)Cc1ccc(CNC2CC2)o1. The van der Waals surface area contributed by atoms with Gasteiger partial charge in [0.25, 0.3) is 0 Å². The van der Waals surface area contributed by atoms with Gasteiger partial charge in [0.05, 0.1) is 24.3 Å². The van der Waals surface area contributed by atoms with Gasteiger partial charge in [0.15, 0.2) is 0 Å². The highest BCUT2D eigenvalue weighted by Crippen LogP contribution is 2.20. The van der Waals surface area contributed by atoms with Crippen molar-refractivity contribution in [3.8, 4) is 0 Å². The first-order valence-corrected chi connectivity index (χ1v) is 7.60. The molecule has 19 heavy (non-hydrogen) atoms. The molecule has 0 radical (unpaired) electrons. The van der Waals surface area contributed by atoms with E-state index in [1.807, 2.05) is 5.51 Å². The zero-order valence-corrected chi connectivity index (χ0v) is 11.9. The maximum atomic E-state index is 5.83. The van der Waals surface area contributed by atoms with Crippen molar-refractivity contribution >= 4 is 11.3 Å². The summed E-state index contributed by atoms with van der Waals surface area (Å²) in [5.41, 5.74) is 2.99. The summed E-state index contributed by atoms with van der Waals surface area (Å²) in [4.78, 5) is 6.51. The van der Waals surface area contributed by atoms with Crippen LogP contribution in [0.15, 0.2) is 27.4 Å². The lowest BCUT2D eigenvalue weighted by Crippen LogP contribution is -2.17. The van der Waals surface area contributed by atoms with Crippen LogP contribution in [0.25, 0.3) is 0 Å². The van der Waals surface area contributed by atoms with E-state index in [9.17, 15) is 0 Å². The Morgan fingerprint density at radius 1 is 1.37 bits per heavy atom. The molecule has 4 nitrogen and oxygen atoms in total. The van der Waals surface area contributed by atoms with Crippen molar-refractivity contribution in [3.63, 3.8) is 0 Å². The van der Waals surface area contributed by atoms with Crippen molar-refractivity contribution in [3.05, 3.63) is 40.2 Å². The first-order chi connectivity index (χ1) is 9.29. The Hall–Kier alpha value is -1.17. The summed E-state index contributed by atoms with van der Waals surface area (Å²) >= 11 is 1.64. The molecule has 1 aliphatic rings. The summed E-state index contributed by atoms with van der Waals surface area (Å²) in [5, 5.41) is 5.55. The lowest BCUT2D eigenvalue weighted by atomic mass is 10.3. The molecule has 102 valence electrons. The number of aromatic nitrogens is 1. The van der Waals surface area contributed by atoms with Crippen molar-refractivity contribution in [2.75, 3.05) is 7.05 Å². The monoisotopic (exact) mass is 277 g/mol. The lowest BCUT2D eigenvalue weighted by Gasteiger charge is -2.13. The second-order valence-electron chi connectivity index (χ2n) is 5.18. The fourth-order valence-electron chi connectivity index (χ4n) is 2.05. The molecule has 5 heteroatoms. The van der Waals surface area contributed by atoms with Crippen molar-refractivity contribution < 1.29 is 4.42 Å². The smallest absolute Gasteiger partial charge is 0.118 e. The molecule has 2 aromatic rings. The third kappa shape index (κ3) is 3.89. The van der Waals surface area contributed by atoms with Crippen molar-refractivity contribution in [1.82, 2.24) is 15.2 Å². The predicted octanol–water partition coefficient (Wildman–Crippen LogP) is 2.62. The molecule has 0 aliphatic heterocycles. The van der Waals surface area contributed by atoms with E-state index in [4.69, 9.17) is 4.42 Å². The molecule has 0 saturated heterocycles. The molecule has 0 spiro atoms. The van der Waals surface area contributed by atoms with Gasteiger partial charge in [0, 0.05) is 18.0 Å². The molecule has 1 aliphatic carbocycles. The fourth-order valence-corrected chi connectivity index (χ4v) is 2.60. The zero-order valence-electron chi connectivity index (χ0n) is 11.1. The molecule has 0 bridgehead atoms. The van der Waals surface area contributed by atoms with E-state index in [0.29, 0.717) is 0 Å². The van der Waals surface area contributed by atoms with Crippen LogP contribution in [0.4, 0.5) is 0 Å². The fraction of sp³-hybridized carbons (Fsp3) is 0.500. The molecule has 2 aromatic heterocycles. The standard InChI is InChI=1S/C14H19N3OS/c1-17(7-12-9-19-10-16-12)8-14-5-4-13(18-14)6-15-11-2-3-11/h4-5,9-11,15H,2-3,6-8H2,1H3. The Morgan fingerprint density at radius 2 is 2.21 bits per heavy atom. The highest BCUT2D eigenvalue weighted by Gasteiger charge is 2.20. The lowest BCUT2D eigenvalue weighted by molar-refractivity contribution is 0.280. The quantitative estimate of drug-likeness (QED) is 0.844. The minimum atomic E-state index is 0.723. The number of furan rings is 1. The molecule has 3 rings (SSSR count). The van der Waals surface area contributed by atoms with Crippen molar-refractivity contribution in [2.45, 2.75) is 38.5 Å². The topological polar surface area (TPSA) is 41.3 Å². The Kier molecular flexibility index (Phi) is 3.96. The van der Waals surface area contributed by atoms with Crippen LogP contribution in [-0.4, -0.2) is 23.0 Å². The molecule has 1 fully saturated rings. The van der Waals surface area contributed by atoms with Crippen LogP contribution in [0.5, 0.6) is 0 Å². The third-order valence-electron chi connectivity index (χ3n) is 3.20. The van der Waals surface area contributed by atoms with Gasteiger partial charge in [-0.05, 0) is 32.0 Å². The molecule has 0 amide bonds. The maximum absolute atomic E-state index is 5.83. The molecular formula is C14H19N3OS. The molecule has 1 N–H and O–H groups in total. The number of thiazole rings is 1. The summed E-state index contributed by atoms with van der Waals surface area (Å²) in [6.07, 6.45) is 2.62. The molecule has 2 heterocycles. The average Bonchev–Trinajstić information content (AvgIpc) is 2.88. The molecule has 0 unspecified atom stereocenters. The van der Waals surface area contributed by atoms with Gasteiger partial charge < -0.3 is 9.73 Å². The van der Waals surface area contributed by atoms with Crippen LogP contribution >= 0.6 is 11.3 Å². The van der Waals surface area contributed by atoms with Gasteiger partial charge in [-0.2, -0.15) is 0 Å². The first kappa shape index (κ1) is 12.8. The zero-order chi connectivity index (χ0) is 13.1. The Bertz CT molecular complexity index is 505. The Morgan fingerprint density at radius 3 is 2.95 bits per heavy atom. The van der Waals surface area contributed by atoms with Crippen LogP contribution in [-0.2, 0) is 19.6 Å². The van der Waals surface area contributed by atoms with Crippen LogP contribution in [0.2, 0.25) is 0 Å². The van der Waals surface area contributed by atoms with E-state index in [1.54, 1.807) is 11.3 Å². The highest BCUT2D eigenvalue weighted by molar-refractivity contribution is 7.07. The minimum absolute atomic E-state index is 0.723. The number of hydrogen-bond acceptors (Lipinski definition) is 5. The Labute approximate surface area is 117 Å². The number of rotatable bonds is 7. The van der Waals surface area contributed by atoms with Gasteiger partial charge in [-0.15, -0.1) is 11.3 Å². The number of hydrogen-bond donors (Lipinski definition) is 1. The summed E-state index contributed by atoms with van der Waals surface area (Å²) < 4.78 is 5.83. The van der Waals surface area contributed by atoms with Gasteiger partial charge in [0.2, 0.25) is 0 Å². The summed E-state index contributed by atoms with van der Waals surface area (Å²) in [6, 6.07) is 4.86. The van der Waals surface area contributed by atoms with Gasteiger partial charge in [0.1, 0.15) is 11.5 Å². The normalized spacial score (nSPS) is 15.3. The van der Waals surface area contributed by atoms with Crippen molar-refractivity contribution in [1.29, 1.82) is 0 Å². The maximum Gasteiger partial charge on any atom is 0.118 e. The molecule has 0 atom stereocenters. The van der Waals surface area contributed by atoms with Crippen LogP contribution in [0.3, 0.4) is 0 Å². The first-order valence-electron chi connectivity index (χ1n) is 6.66. The van der Waals surface area contributed by atoms with Crippen LogP contribution in [0, 0.1) is 0 Å².